The summed E-state index contributed by atoms with van der Waals surface area (Å²) in [5, 5.41) is 3.06. The van der Waals surface area contributed by atoms with Gasteiger partial charge in [0.15, 0.2) is 0 Å². The van der Waals surface area contributed by atoms with Crippen LogP contribution in [0.5, 0.6) is 0 Å². The van der Waals surface area contributed by atoms with Crippen molar-refractivity contribution in [2.24, 2.45) is 0 Å². The molecule has 1 N–H and O–H groups in total. The zero-order valence-corrected chi connectivity index (χ0v) is 21.1. The van der Waals surface area contributed by atoms with E-state index in [1.54, 1.807) is 0 Å². The molecule has 1 aliphatic heterocycles. The van der Waals surface area contributed by atoms with E-state index in [0.717, 1.165) is 49.4 Å². The number of anilines is 2. The third-order valence-corrected chi connectivity index (χ3v) is 6.57. The lowest BCUT2D eigenvalue weighted by Crippen LogP contribution is -2.46. The Labute approximate surface area is 209 Å². The molecule has 182 valence electrons. The molecular weight excluding hydrogens is 432 g/mol. The van der Waals surface area contributed by atoms with Gasteiger partial charge < -0.3 is 15.1 Å². The largest absolute Gasteiger partial charge is 0.378 e. The molecule has 1 fully saturated rings. The van der Waals surface area contributed by atoms with Gasteiger partial charge in [-0.25, -0.2) is 0 Å². The second-order valence-corrected chi connectivity index (χ2v) is 9.34. The average molecular weight is 469 g/mol. The van der Waals surface area contributed by atoms with Gasteiger partial charge in [0.05, 0.1) is 0 Å². The van der Waals surface area contributed by atoms with E-state index in [2.05, 4.69) is 94.8 Å². The molecule has 0 aliphatic carbocycles. The molecule has 5 heteroatoms. The predicted octanol–water partition coefficient (Wildman–Crippen LogP) is 4.83. The fourth-order valence-electron chi connectivity index (χ4n) is 4.38. The van der Waals surface area contributed by atoms with E-state index in [9.17, 15) is 4.79 Å². The number of hydrogen-bond acceptors (Lipinski definition) is 4. The Balaban J connectivity index is 1.25. The molecule has 4 rings (SSSR count). The molecule has 35 heavy (non-hydrogen) atoms. The molecule has 3 aromatic carbocycles. The molecule has 5 nitrogen and oxygen atoms in total. The number of amides is 1. The maximum absolute atomic E-state index is 12.5. The quantitative estimate of drug-likeness (QED) is 0.514. The van der Waals surface area contributed by atoms with Crippen molar-refractivity contribution in [3.05, 3.63) is 101 Å². The lowest BCUT2D eigenvalue weighted by atomic mass is 10.1. The molecule has 1 amide bonds. The molecule has 3 aromatic rings. The predicted molar refractivity (Wildman–Crippen MR) is 147 cm³/mol. The van der Waals surface area contributed by atoms with Gasteiger partial charge in [-0.05, 0) is 53.9 Å². The van der Waals surface area contributed by atoms with Crippen molar-refractivity contribution < 1.29 is 4.79 Å². The minimum Gasteiger partial charge on any atom is -0.378 e. The van der Waals surface area contributed by atoms with Gasteiger partial charge in [-0.2, -0.15) is 0 Å². The Bertz CT molecular complexity index is 1150. The number of nitrogens with zero attached hydrogens (tertiary/aromatic N) is 3. The van der Waals surface area contributed by atoms with Crippen molar-refractivity contribution in [2.75, 3.05) is 56.6 Å². The summed E-state index contributed by atoms with van der Waals surface area (Å²) in [6.45, 7) is 7.55. The first-order valence-corrected chi connectivity index (χ1v) is 12.3. The molecular formula is C30H36N4O. The highest BCUT2D eigenvalue weighted by molar-refractivity contribution is 5.95. The highest BCUT2D eigenvalue weighted by Crippen LogP contribution is 2.19. The molecule has 0 bridgehead atoms. The summed E-state index contributed by atoms with van der Waals surface area (Å²) in [5.41, 5.74) is 6.53. The monoisotopic (exact) mass is 468 g/mol. The Morgan fingerprint density at radius 3 is 2.40 bits per heavy atom. The zero-order valence-electron chi connectivity index (χ0n) is 21.1. The van der Waals surface area contributed by atoms with Gasteiger partial charge in [-0.1, -0.05) is 54.6 Å². The number of piperazine rings is 1. The Kier molecular flexibility index (Phi) is 8.22. The smallest absolute Gasteiger partial charge is 0.251 e. The van der Waals surface area contributed by atoms with Gasteiger partial charge >= 0.3 is 0 Å². The molecule has 1 heterocycles. The number of rotatable bonds is 8. The topological polar surface area (TPSA) is 38.8 Å². The maximum atomic E-state index is 12.5. The minimum atomic E-state index is -0.0242. The summed E-state index contributed by atoms with van der Waals surface area (Å²) in [7, 11) is 4.12. The molecule has 1 saturated heterocycles. The van der Waals surface area contributed by atoms with Crippen molar-refractivity contribution in [2.45, 2.75) is 13.5 Å². The lowest BCUT2D eigenvalue weighted by molar-refractivity contribution is 0.0950. The summed E-state index contributed by atoms with van der Waals surface area (Å²) in [4.78, 5) is 19.6. The van der Waals surface area contributed by atoms with Crippen LogP contribution in [0, 0.1) is 6.92 Å². The van der Waals surface area contributed by atoms with Crippen LogP contribution in [-0.2, 0) is 6.54 Å². The maximum Gasteiger partial charge on any atom is 0.251 e. The fourth-order valence-corrected chi connectivity index (χ4v) is 4.38. The van der Waals surface area contributed by atoms with Crippen LogP contribution in [0.25, 0.3) is 6.08 Å². The van der Waals surface area contributed by atoms with Gasteiger partial charge in [-0.3, -0.25) is 9.69 Å². The zero-order chi connectivity index (χ0) is 24.6. The Morgan fingerprint density at radius 2 is 1.69 bits per heavy atom. The van der Waals surface area contributed by atoms with Crippen LogP contribution in [0.1, 0.15) is 27.0 Å². The van der Waals surface area contributed by atoms with E-state index < -0.39 is 0 Å². The molecule has 0 saturated carbocycles. The van der Waals surface area contributed by atoms with E-state index in [1.165, 1.54) is 16.9 Å². The van der Waals surface area contributed by atoms with E-state index in [4.69, 9.17) is 0 Å². The number of aryl methyl sites for hydroxylation is 1. The molecule has 0 radical (unpaired) electrons. The normalized spacial score (nSPS) is 14.3. The highest BCUT2D eigenvalue weighted by atomic mass is 16.1. The third-order valence-electron chi connectivity index (χ3n) is 6.57. The lowest BCUT2D eigenvalue weighted by Gasteiger charge is -2.35. The Morgan fingerprint density at radius 1 is 0.943 bits per heavy atom. The molecule has 0 aromatic heterocycles. The second kappa shape index (κ2) is 11.7. The van der Waals surface area contributed by atoms with Crippen LogP contribution in [0.15, 0.2) is 78.9 Å². The number of carbonyl (C=O) groups is 1. The van der Waals surface area contributed by atoms with Crippen molar-refractivity contribution in [1.82, 2.24) is 10.2 Å². The summed E-state index contributed by atoms with van der Waals surface area (Å²) in [6.07, 6.45) is 4.47. The highest BCUT2D eigenvalue weighted by Gasteiger charge is 2.16. The first-order valence-electron chi connectivity index (χ1n) is 12.3. The summed E-state index contributed by atoms with van der Waals surface area (Å²) in [6, 6.07) is 24.9. The molecule has 0 unspecified atom stereocenters. The third kappa shape index (κ3) is 6.74. The van der Waals surface area contributed by atoms with Crippen LogP contribution in [0.3, 0.4) is 0 Å². The molecule has 0 atom stereocenters. The number of carbonyl (C=O) groups excluding carboxylic acids is 1. The molecule has 0 spiro atoms. The van der Waals surface area contributed by atoms with Crippen LogP contribution in [-0.4, -0.2) is 57.6 Å². The van der Waals surface area contributed by atoms with E-state index in [1.807, 2.05) is 31.2 Å². The van der Waals surface area contributed by atoms with Crippen LogP contribution in [0.2, 0.25) is 0 Å². The van der Waals surface area contributed by atoms with Gasteiger partial charge in [0.2, 0.25) is 0 Å². The van der Waals surface area contributed by atoms with Crippen molar-refractivity contribution in [3.8, 4) is 0 Å². The standard InChI is InChI=1S/C30H36N4O/c1-24-8-4-5-12-29(24)30(35)31-23-26-9-6-11-28(22-26)34-20-18-33(19-21-34)17-7-10-25-13-15-27(16-14-25)32(2)3/h4-16,22H,17-21,23H2,1-3H3,(H,31,35)/b10-7+. The average Bonchev–Trinajstić information content (AvgIpc) is 2.88. The second-order valence-electron chi connectivity index (χ2n) is 9.34. The SMILES string of the molecule is Cc1ccccc1C(=O)NCc1cccc(N2CCN(C/C=C/c3ccc(N(C)C)cc3)CC2)c1. The number of nitrogens with one attached hydrogen (secondary N) is 1. The number of benzene rings is 3. The summed E-state index contributed by atoms with van der Waals surface area (Å²) < 4.78 is 0. The van der Waals surface area contributed by atoms with Crippen molar-refractivity contribution in [1.29, 1.82) is 0 Å². The fraction of sp³-hybridized carbons (Fsp3) is 0.300. The summed E-state index contributed by atoms with van der Waals surface area (Å²) >= 11 is 0. The first-order chi connectivity index (χ1) is 17.0. The van der Waals surface area contributed by atoms with Gasteiger partial charge in [0.25, 0.3) is 5.91 Å². The number of hydrogen-bond donors (Lipinski definition) is 1. The van der Waals surface area contributed by atoms with Crippen LogP contribution >= 0.6 is 0 Å². The van der Waals surface area contributed by atoms with E-state index in [-0.39, 0.29) is 5.91 Å². The van der Waals surface area contributed by atoms with Gasteiger partial charge in [0, 0.05) is 70.3 Å². The Hall–Kier alpha value is -3.57. The summed E-state index contributed by atoms with van der Waals surface area (Å²) in [5.74, 6) is -0.0242. The van der Waals surface area contributed by atoms with Crippen molar-refractivity contribution >= 4 is 23.4 Å². The molecule has 1 aliphatic rings. The minimum absolute atomic E-state index is 0.0242. The van der Waals surface area contributed by atoms with E-state index >= 15 is 0 Å². The van der Waals surface area contributed by atoms with Crippen LogP contribution < -0.4 is 15.1 Å². The van der Waals surface area contributed by atoms with E-state index in [0.29, 0.717) is 6.54 Å². The van der Waals surface area contributed by atoms with Gasteiger partial charge in [0.1, 0.15) is 0 Å². The van der Waals surface area contributed by atoms with Crippen molar-refractivity contribution in [3.63, 3.8) is 0 Å². The first kappa shape index (κ1) is 24.6. The van der Waals surface area contributed by atoms with Crippen LogP contribution in [0.4, 0.5) is 11.4 Å². The van der Waals surface area contributed by atoms with Gasteiger partial charge in [-0.15, -0.1) is 0 Å².